The third-order valence-corrected chi connectivity index (χ3v) is 3.98. The minimum absolute atomic E-state index is 0.277. The molecule has 0 bridgehead atoms. The zero-order valence-electron chi connectivity index (χ0n) is 14.1. The molecule has 0 spiro atoms. The van der Waals surface area contributed by atoms with Gasteiger partial charge in [-0.05, 0) is 25.7 Å². The van der Waals surface area contributed by atoms with Crippen LogP contribution in [0.3, 0.4) is 0 Å². The number of ether oxygens (including phenoxy) is 2. The first-order chi connectivity index (χ1) is 10.7. The molecule has 1 heterocycles. The number of hydrogen-bond donors (Lipinski definition) is 0. The topological polar surface area (TPSA) is 55.8 Å². The Balaban J connectivity index is 2.26. The lowest BCUT2D eigenvalue weighted by molar-refractivity contribution is -0.148. The Labute approximate surface area is 134 Å². The summed E-state index contributed by atoms with van der Waals surface area (Å²) in [5.41, 5.74) is 0. The number of hydrogen-bond acceptors (Lipinski definition) is 4. The molecule has 1 rings (SSSR count). The highest BCUT2D eigenvalue weighted by Crippen LogP contribution is 2.20. The standard InChI is InChI=1S/C17H31NO4/c1-3-5-7-8-9-14-21-16(19)15-11-10-12-18(15)17(20)22-13-6-4-2/h15H,3-14H2,1-2H3/t15-/m0/s1. The third kappa shape index (κ3) is 6.67. The molecule has 1 amide bonds. The van der Waals surface area contributed by atoms with Crippen molar-refractivity contribution < 1.29 is 19.1 Å². The molecule has 0 aromatic rings. The number of likely N-dealkylation sites (tertiary alicyclic amines) is 1. The van der Waals surface area contributed by atoms with Crippen LogP contribution in [0.5, 0.6) is 0 Å². The molecule has 0 aliphatic carbocycles. The predicted molar refractivity (Wildman–Crippen MR) is 85.7 cm³/mol. The van der Waals surface area contributed by atoms with E-state index in [1.807, 2.05) is 6.92 Å². The highest BCUT2D eigenvalue weighted by Gasteiger charge is 2.36. The highest BCUT2D eigenvalue weighted by atomic mass is 16.6. The average Bonchev–Trinajstić information content (AvgIpc) is 3.00. The summed E-state index contributed by atoms with van der Waals surface area (Å²) in [5.74, 6) is -0.277. The summed E-state index contributed by atoms with van der Waals surface area (Å²) in [6.45, 7) is 5.68. The number of amides is 1. The fourth-order valence-corrected chi connectivity index (χ4v) is 2.59. The van der Waals surface area contributed by atoms with Gasteiger partial charge in [0.15, 0.2) is 0 Å². The quantitative estimate of drug-likeness (QED) is 0.453. The van der Waals surface area contributed by atoms with Gasteiger partial charge in [-0.25, -0.2) is 9.59 Å². The SMILES string of the molecule is CCCCCCCOC(=O)[C@@H]1CCCN1C(=O)OCCCC. The monoisotopic (exact) mass is 313 g/mol. The van der Waals surface area contributed by atoms with Crippen molar-refractivity contribution in [2.75, 3.05) is 19.8 Å². The molecule has 1 atom stereocenters. The minimum atomic E-state index is -0.454. The smallest absolute Gasteiger partial charge is 0.410 e. The van der Waals surface area contributed by atoms with Gasteiger partial charge in [0.2, 0.25) is 0 Å². The van der Waals surface area contributed by atoms with Gasteiger partial charge in [-0.1, -0.05) is 46.0 Å². The minimum Gasteiger partial charge on any atom is -0.464 e. The van der Waals surface area contributed by atoms with Crippen LogP contribution in [0.15, 0.2) is 0 Å². The van der Waals surface area contributed by atoms with Gasteiger partial charge >= 0.3 is 12.1 Å². The van der Waals surface area contributed by atoms with Crippen molar-refractivity contribution >= 4 is 12.1 Å². The van der Waals surface area contributed by atoms with E-state index in [1.165, 1.54) is 24.2 Å². The summed E-state index contributed by atoms with van der Waals surface area (Å²) in [6, 6.07) is -0.454. The molecule has 1 fully saturated rings. The molecule has 0 aromatic heterocycles. The molecule has 0 N–H and O–H groups in total. The van der Waals surface area contributed by atoms with Crippen LogP contribution in [0.1, 0.15) is 71.6 Å². The van der Waals surface area contributed by atoms with Gasteiger partial charge in [-0.3, -0.25) is 4.90 Å². The fraction of sp³-hybridized carbons (Fsp3) is 0.882. The summed E-state index contributed by atoms with van der Waals surface area (Å²) in [5, 5.41) is 0. The Morgan fingerprint density at radius 2 is 1.64 bits per heavy atom. The molecule has 5 nitrogen and oxygen atoms in total. The van der Waals surface area contributed by atoms with Gasteiger partial charge in [-0.2, -0.15) is 0 Å². The van der Waals surface area contributed by atoms with Crippen molar-refractivity contribution in [3.05, 3.63) is 0 Å². The molecule has 22 heavy (non-hydrogen) atoms. The number of nitrogens with zero attached hydrogens (tertiary/aromatic N) is 1. The number of carbonyl (C=O) groups is 2. The normalized spacial score (nSPS) is 17.5. The van der Waals surface area contributed by atoms with Gasteiger partial charge in [-0.15, -0.1) is 0 Å². The van der Waals surface area contributed by atoms with Gasteiger partial charge in [0.05, 0.1) is 13.2 Å². The Kier molecular flexibility index (Phi) is 9.67. The maximum absolute atomic E-state index is 12.1. The van der Waals surface area contributed by atoms with E-state index in [9.17, 15) is 9.59 Å². The highest BCUT2D eigenvalue weighted by molar-refractivity contribution is 5.82. The molecule has 0 radical (unpaired) electrons. The molecule has 1 saturated heterocycles. The number of esters is 1. The van der Waals surface area contributed by atoms with Crippen LogP contribution in [-0.4, -0.2) is 42.8 Å². The van der Waals surface area contributed by atoms with Crippen molar-refractivity contribution in [3.63, 3.8) is 0 Å². The number of carbonyl (C=O) groups excluding carboxylic acids is 2. The van der Waals surface area contributed by atoms with E-state index in [0.717, 1.165) is 32.1 Å². The maximum Gasteiger partial charge on any atom is 0.410 e. The summed E-state index contributed by atoms with van der Waals surface area (Å²) in [4.78, 5) is 25.6. The van der Waals surface area contributed by atoms with E-state index in [4.69, 9.17) is 9.47 Å². The van der Waals surface area contributed by atoms with E-state index in [-0.39, 0.29) is 12.1 Å². The molecule has 128 valence electrons. The molecule has 5 heteroatoms. The first-order valence-electron chi connectivity index (χ1n) is 8.80. The second-order valence-electron chi connectivity index (χ2n) is 5.90. The van der Waals surface area contributed by atoms with Crippen LogP contribution in [0.25, 0.3) is 0 Å². The third-order valence-electron chi connectivity index (χ3n) is 3.98. The van der Waals surface area contributed by atoms with E-state index in [0.29, 0.717) is 26.2 Å². The molecule has 1 aliphatic rings. The number of unbranched alkanes of at least 4 members (excludes halogenated alkanes) is 5. The summed E-state index contributed by atoms with van der Waals surface area (Å²) >= 11 is 0. The van der Waals surface area contributed by atoms with Crippen molar-refractivity contribution in [3.8, 4) is 0 Å². The first kappa shape index (κ1) is 18.8. The van der Waals surface area contributed by atoms with Crippen LogP contribution in [0.2, 0.25) is 0 Å². The lowest BCUT2D eigenvalue weighted by atomic mass is 10.2. The molecule has 0 aromatic carbocycles. The Morgan fingerprint density at radius 1 is 0.955 bits per heavy atom. The average molecular weight is 313 g/mol. The first-order valence-corrected chi connectivity index (χ1v) is 8.80. The lowest BCUT2D eigenvalue weighted by Crippen LogP contribution is -2.41. The van der Waals surface area contributed by atoms with Gasteiger partial charge in [0, 0.05) is 6.54 Å². The molecule has 1 aliphatic heterocycles. The van der Waals surface area contributed by atoms with Gasteiger partial charge in [0.1, 0.15) is 6.04 Å². The lowest BCUT2D eigenvalue weighted by Gasteiger charge is -2.22. The fourth-order valence-electron chi connectivity index (χ4n) is 2.59. The predicted octanol–water partition coefficient (Wildman–Crippen LogP) is 3.90. The van der Waals surface area contributed by atoms with E-state index in [1.54, 1.807) is 0 Å². The molecular weight excluding hydrogens is 282 g/mol. The number of rotatable bonds is 10. The largest absolute Gasteiger partial charge is 0.464 e. The summed E-state index contributed by atoms with van der Waals surface area (Å²) < 4.78 is 10.5. The van der Waals surface area contributed by atoms with Gasteiger partial charge in [0.25, 0.3) is 0 Å². The Bertz CT molecular complexity index is 333. The second-order valence-corrected chi connectivity index (χ2v) is 5.90. The molecular formula is C17H31NO4. The Morgan fingerprint density at radius 3 is 2.36 bits per heavy atom. The van der Waals surface area contributed by atoms with Crippen LogP contribution in [-0.2, 0) is 14.3 Å². The van der Waals surface area contributed by atoms with Crippen LogP contribution in [0, 0.1) is 0 Å². The van der Waals surface area contributed by atoms with Crippen molar-refractivity contribution in [2.45, 2.75) is 77.7 Å². The zero-order valence-corrected chi connectivity index (χ0v) is 14.1. The van der Waals surface area contributed by atoms with E-state index < -0.39 is 6.04 Å². The zero-order chi connectivity index (χ0) is 16.2. The van der Waals surface area contributed by atoms with Gasteiger partial charge < -0.3 is 9.47 Å². The Hall–Kier alpha value is -1.26. The van der Waals surface area contributed by atoms with Crippen LogP contribution < -0.4 is 0 Å². The second kappa shape index (κ2) is 11.3. The van der Waals surface area contributed by atoms with Crippen molar-refractivity contribution in [1.82, 2.24) is 4.90 Å². The molecule has 0 saturated carbocycles. The van der Waals surface area contributed by atoms with E-state index >= 15 is 0 Å². The van der Waals surface area contributed by atoms with Crippen molar-refractivity contribution in [1.29, 1.82) is 0 Å². The molecule has 0 unspecified atom stereocenters. The van der Waals surface area contributed by atoms with E-state index in [2.05, 4.69) is 6.92 Å². The summed E-state index contributed by atoms with van der Waals surface area (Å²) in [7, 11) is 0. The summed E-state index contributed by atoms with van der Waals surface area (Å²) in [6.07, 6.45) is 8.59. The van der Waals surface area contributed by atoms with Crippen LogP contribution in [0.4, 0.5) is 4.79 Å². The van der Waals surface area contributed by atoms with Crippen molar-refractivity contribution in [2.24, 2.45) is 0 Å². The van der Waals surface area contributed by atoms with Crippen LogP contribution >= 0.6 is 0 Å². The maximum atomic E-state index is 12.1.